The van der Waals surface area contributed by atoms with Crippen LogP contribution in [0.3, 0.4) is 0 Å². The molecule has 2 saturated heterocycles. The lowest BCUT2D eigenvalue weighted by atomic mass is 9.95. The summed E-state index contributed by atoms with van der Waals surface area (Å²) < 4.78 is 15.7. The smallest absolute Gasteiger partial charge is 0.320 e. The van der Waals surface area contributed by atoms with E-state index < -0.39 is 86.6 Å². The van der Waals surface area contributed by atoms with Crippen LogP contribution in [-0.2, 0) is 19.0 Å². The maximum atomic E-state index is 11.5. The van der Waals surface area contributed by atoms with Gasteiger partial charge in [-0.2, -0.15) is 0 Å². The number of nitrogens with two attached hydrogens (primary N) is 2. The molecule has 0 bridgehead atoms. The van der Waals surface area contributed by atoms with Gasteiger partial charge in [-0.05, 0) is 12.8 Å². The topological polar surface area (TPSA) is 283 Å². The van der Waals surface area contributed by atoms with E-state index in [0.717, 1.165) is 0 Å². The number of aliphatic imine (C=N–C) groups is 1. The maximum absolute atomic E-state index is 11.5. The minimum atomic E-state index is -2.41. The lowest BCUT2D eigenvalue weighted by molar-refractivity contribution is -0.367. The predicted octanol–water partition coefficient (Wildman–Crippen LogP) is -6.29. The normalized spacial score (nSPS) is 39.4. The Kier molecular flexibility index (Phi) is 10.3. The Hall–Kier alpha value is -1.70. The van der Waals surface area contributed by atoms with Gasteiger partial charge in [-0.15, -0.1) is 0 Å². The number of aliphatic carboxylic acids is 1. The van der Waals surface area contributed by atoms with Gasteiger partial charge < -0.3 is 66.5 Å². The second-order valence-electron chi connectivity index (χ2n) is 8.19. The van der Waals surface area contributed by atoms with E-state index in [9.17, 15) is 45.6 Å². The molecule has 2 aliphatic heterocycles. The van der Waals surface area contributed by atoms with Gasteiger partial charge in [0.15, 0.2) is 12.2 Å². The fourth-order valence-corrected chi connectivity index (χ4v) is 3.62. The molecule has 0 aromatic heterocycles. The quantitative estimate of drug-likeness (QED) is 0.0717. The summed E-state index contributed by atoms with van der Waals surface area (Å²) in [6.45, 7) is -1.68. The Morgan fingerprint density at radius 2 is 1.85 bits per heavy atom. The number of aliphatic hydroxyl groups excluding tert-OH is 6. The summed E-state index contributed by atoms with van der Waals surface area (Å²) in [5.74, 6) is -3.80. The monoisotopic (exact) mass is 498 g/mol. The Morgan fingerprint density at radius 1 is 1.18 bits per heavy atom. The molecule has 2 fully saturated rings. The minimum Gasteiger partial charge on any atom is -0.480 e. The summed E-state index contributed by atoms with van der Waals surface area (Å²) in [6.07, 6.45) is -12.9. The van der Waals surface area contributed by atoms with Crippen molar-refractivity contribution in [3.63, 3.8) is 0 Å². The SMILES string of the molecule is NC(N)=NCCCC(NC[C@]1(O)OC[C@@H](O)[C@@H](O[C@@H]2O[C@H](CO)[C@H](O)[C@H](O)[C@H]2O)[C@@H]1O)C(=O)O. The van der Waals surface area contributed by atoms with Crippen molar-refractivity contribution in [2.75, 3.05) is 26.3 Å². The fraction of sp³-hybridized carbons (Fsp3) is 0.889. The van der Waals surface area contributed by atoms with Crippen molar-refractivity contribution in [1.82, 2.24) is 5.32 Å². The number of hydrogen-bond acceptors (Lipinski definition) is 13. The molecule has 1 unspecified atom stereocenters. The van der Waals surface area contributed by atoms with E-state index in [1.165, 1.54) is 0 Å². The molecule has 16 nitrogen and oxygen atoms in total. The standard InChI is InChI=1S/C18H34N4O12/c19-17(20)21-3-1-2-7(15(29)30)22-6-18(31)14(28)13(8(24)5-32-18)34-16-12(27)11(26)10(25)9(4-23)33-16/h7-14,16,22-28,31H,1-6H2,(H,29,30)(H4,19,20,21)/t7?,8-,9-,10+,11+,12-,13-,14+,16+,18+/m1/s1. The molecule has 13 N–H and O–H groups in total. The van der Waals surface area contributed by atoms with Gasteiger partial charge in [0.1, 0.15) is 48.8 Å². The Morgan fingerprint density at radius 3 is 2.44 bits per heavy atom. The molecule has 2 aliphatic rings. The van der Waals surface area contributed by atoms with Crippen molar-refractivity contribution in [3.05, 3.63) is 0 Å². The largest absolute Gasteiger partial charge is 0.480 e. The predicted molar refractivity (Wildman–Crippen MR) is 111 cm³/mol. The van der Waals surface area contributed by atoms with Crippen LogP contribution < -0.4 is 16.8 Å². The summed E-state index contributed by atoms with van der Waals surface area (Å²) in [7, 11) is 0. The van der Waals surface area contributed by atoms with E-state index in [-0.39, 0.29) is 18.9 Å². The molecular formula is C18H34N4O12. The summed E-state index contributed by atoms with van der Waals surface area (Å²) in [4.78, 5) is 15.3. The molecule has 10 atom stereocenters. The van der Waals surface area contributed by atoms with Gasteiger partial charge in [0.05, 0.1) is 19.8 Å². The van der Waals surface area contributed by atoms with Crippen LogP contribution >= 0.6 is 0 Å². The zero-order chi connectivity index (χ0) is 25.6. The first-order valence-corrected chi connectivity index (χ1v) is 10.6. The van der Waals surface area contributed by atoms with E-state index in [2.05, 4.69) is 10.3 Å². The number of aliphatic hydroxyl groups is 7. The third-order valence-corrected chi connectivity index (χ3v) is 5.64. The van der Waals surface area contributed by atoms with Crippen LogP contribution in [0.1, 0.15) is 12.8 Å². The second kappa shape index (κ2) is 12.3. The van der Waals surface area contributed by atoms with Crippen molar-refractivity contribution in [2.24, 2.45) is 16.5 Å². The highest BCUT2D eigenvalue weighted by Gasteiger charge is 2.53. The Labute approximate surface area is 194 Å². The number of hydrogen-bond donors (Lipinski definition) is 11. The molecule has 0 aliphatic carbocycles. The Balaban J connectivity index is 2.03. The molecule has 0 spiro atoms. The van der Waals surface area contributed by atoms with Gasteiger partial charge in [-0.3, -0.25) is 15.1 Å². The number of rotatable bonds is 11. The summed E-state index contributed by atoms with van der Waals surface area (Å²) in [6, 6.07) is -1.16. The van der Waals surface area contributed by atoms with E-state index in [1.54, 1.807) is 0 Å². The number of nitrogens with one attached hydrogen (secondary N) is 1. The molecular weight excluding hydrogens is 464 g/mol. The molecule has 0 saturated carbocycles. The van der Waals surface area contributed by atoms with Crippen LogP contribution in [0.2, 0.25) is 0 Å². The zero-order valence-corrected chi connectivity index (χ0v) is 18.3. The first-order chi connectivity index (χ1) is 15.9. The molecule has 0 aromatic rings. The molecule has 198 valence electrons. The molecule has 0 amide bonds. The highest BCUT2D eigenvalue weighted by Crippen LogP contribution is 2.30. The van der Waals surface area contributed by atoms with Crippen LogP contribution in [0.4, 0.5) is 0 Å². The lowest BCUT2D eigenvalue weighted by Gasteiger charge is -2.47. The van der Waals surface area contributed by atoms with Crippen LogP contribution in [0.25, 0.3) is 0 Å². The van der Waals surface area contributed by atoms with Crippen molar-refractivity contribution in [3.8, 4) is 0 Å². The van der Waals surface area contributed by atoms with Crippen molar-refractivity contribution in [2.45, 2.75) is 73.7 Å². The number of guanidine groups is 1. The summed E-state index contributed by atoms with van der Waals surface area (Å²) in [5, 5.41) is 82.7. The van der Waals surface area contributed by atoms with E-state index >= 15 is 0 Å². The molecule has 0 radical (unpaired) electrons. The average Bonchev–Trinajstić information content (AvgIpc) is 2.78. The van der Waals surface area contributed by atoms with Crippen molar-refractivity contribution < 1.29 is 59.9 Å². The molecule has 2 rings (SSSR count). The van der Waals surface area contributed by atoms with Gasteiger partial charge in [-0.1, -0.05) is 0 Å². The van der Waals surface area contributed by atoms with Crippen molar-refractivity contribution >= 4 is 11.9 Å². The van der Waals surface area contributed by atoms with Crippen molar-refractivity contribution in [1.29, 1.82) is 0 Å². The summed E-state index contributed by atoms with van der Waals surface area (Å²) >= 11 is 0. The van der Waals surface area contributed by atoms with E-state index in [0.29, 0.717) is 6.42 Å². The minimum absolute atomic E-state index is 0.0751. The number of carbonyl (C=O) groups is 1. The number of ether oxygens (including phenoxy) is 3. The Bertz CT molecular complexity index is 696. The first-order valence-electron chi connectivity index (χ1n) is 10.6. The molecule has 0 aromatic carbocycles. The van der Waals surface area contributed by atoms with Crippen LogP contribution in [-0.4, -0.2) is 140 Å². The first kappa shape index (κ1) is 28.5. The second-order valence-corrected chi connectivity index (χ2v) is 8.19. The van der Waals surface area contributed by atoms with Gasteiger partial charge >= 0.3 is 5.97 Å². The third kappa shape index (κ3) is 6.92. The summed E-state index contributed by atoms with van der Waals surface area (Å²) in [5.41, 5.74) is 10.4. The fourth-order valence-electron chi connectivity index (χ4n) is 3.62. The van der Waals surface area contributed by atoms with Gasteiger partial charge in [0.25, 0.3) is 0 Å². The van der Waals surface area contributed by atoms with Crippen LogP contribution in [0, 0.1) is 0 Å². The average molecular weight is 498 g/mol. The van der Waals surface area contributed by atoms with E-state index in [4.69, 9.17) is 25.7 Å². The molecule has 16 heteroatoms. The van der Waals surface area contributed by atoms with Crippen LogP contribution in [0.15, 0.2) is 4.99 Å². The highest BCUT2D eigenvalue weighted by atomic mass is 16.7. The highest BCUT2D eigenvalue weighted by molar-refractivity contribution is 5.75. The number of carboxylic acids is 1. The van der Waals surface area contributed by atoms with Gasteiger partial charge in [-0.25, -0.2) is 0 Å². The maximum Gasteiger partial charge on any atom is 0.320 e. The lowest BCUT2D eigenvalue weighted by Crippen LogP contribution is -2.68. The molecule has 34 heavy (non-hydrogen) atoms. The zero-order valence-electron chi connectivity index (χ0n) is 18.3. The number of nitrogens with zero attached hydrogens (tertiary/aromatic N) is 1. The number of carboxylic acid groups (broad SMARTS) is 1. The van der Waals surface area contributed by atoms with E-state index in [1.807, 2.05) is 0 Å². The van der Waals surface area contributed by atoms with Crippen LogP contribution in [0.5, 0.6) is 0 Å². The molecule has 2 heterocycles. The van der Waals surface area contributed by atoms with Gasteiger partial charge in [0, 0.05) is 6.54 Å². The third-order valence-electron chi connectivity index (χ3n) is 5.64. The van der Waals surface area contributed by atoms with Gasteiger partial charge in [0.2, 0.25) is 5.79 Å².